The normalized spacial score (nSPS) is 17.8. The van der Waals surface area contributed by atoms with Gasteiger partial charge in [-0.2, -0.15) is 5.10 Å². The molecule has 1 aromatic carbocycles. The van der Waals surface area contributed by atoms with E-state index in [1.165, 1.54) is 0 Å². The number of nitrogen functional groups attached to an aromatic ring is 1. The number of nitrogens with one attached hydrogen (secondary N) is 2. The Labute approximate surface area is 103 Å². The summed E-state index contributed by atoms with van der Waals surface area (Å²) in [5, 5.41) is 9.48. The molecule has 1 unspecified atom stereocenters. The summed E-state index contributed by atoms with van der Waals surface area (Å²) in [6.07, 6.45) is -0.467. The van der Waals surface area contributed by atoms with E-state index in [4.69, 9.17) is 10.5 Å². The lowest BCUT2D eigenvalue weighted by Crippen LogP contribution is -2.34. The highest BCUT2D eigenvalue weighted by atomic mass is 16.5. The van der Waals surface area contributed by atoms with Crippen molar-refractivity contribution < 1.29 is 9.53 Å². The first-order valence-electron chi connectivity index (χ1n) is 5.56. The fourth-order valence-corrected chi connectivity index (χ4v) is 1.86. The summed E-state index contributed by atoms with van der Waals surface area (Å²) in [4.78, 5) is 11.5. The van der Waals surface area contributed by atoms with E-state index < -0.39 is 6.10 Å². The minimum atomic E-state index is -0.467. The van der Waals surface area contributed by atoms with Gasteiger partial charge in [0.25, 0.3) is 5.91 Å². The number of aromatic nitrogens is 2. The molecule has 92 valence electrons. The lowest BCUT2D eigenvalue weighted by Gasteiger charge is -2.23. The van der Waals surface area contributed by atoms with Crippen LogP contribution in [0.4, 0.5) is 11.5 Å². The molecule has 0 saturated carbocycles. The van der Waals surface area contributed by atoms with Crippen LogP contribution >= 0.6 is 0 Å². The standard InChI is InChI=1S/C12H12N4O2/c1-6-12(17)14-9-4-7(2-3-10(9)18-6)8-5-11(13)16-15-8/h2-6H,1H3,(H,14,17)(H3,13,15,16). The van der Waals surface area contributed by atoms with Crippen molar-refractivity contribution in [2.75, 3.05) is 11.1 Å². The number of hydrogen-bond donors (Lipinski definition) is 3. The van der Waals surface area contributed by atoms with Crippen molar-refractivity contribution in [3.05, 3.63) is 24.3 Å². The van der Waals surface area contributed by atoms with E-state index in [1.807, 2.05) is 18.2 Å². The topological polar surface area (TPSA) is 93.0 Å². The van der Waals surface area contributed by atoms with Gasteiger partial charge in [0.1, 0.15) is 11.6 Å². The molecule has 0 bridgehead atoms. The van der Waals surface area contributed by atoms with Gasteiger partial charge < -0.3 is 15.8 Å². The van der Waals surface area contributed by atoms with Crippen LogP contribution in [0.25, 0.3) is 11.3 Å². The number of carbonyl (C=O) groups excluding carboxylic acids is 1. The maximum Gasteiger partial charge on any atom is 0.265 e. The first kappa shape index (κ1) is 10.6. The van der Waals surface area contributed by atoms with Crippen LogP contribution in [0.3, 0.4) is 0 Å². The molecular formula is C12H12N4O2. The molecular weight excluding hydrogens is 232 g/mol. The van der Waals surface area contributed by atoms with Crippen molar-refractivity contribution in [2.45, 2.75) is 13.0 Å². The van der Waals surface area contributed by atoms with Crippen LogP contribution in [0.2, 0.25) is 0 Å². The molecule has 1 amide bonds. The van der Waals surface area contributed by atoms with Gasteiger partial charge in [0.2, 0.25) is 0 Å². The van der Waals surface area contributed by atoms with Gasteiger partial charge in [-0.15, -0.1) is 0 Å². The Morgan fingerprint density at radius 2 is 2.22 bits per heavy atom. The molecule has 4 N–H and O–H groups in total. The van der Waals surface area contributed by atoms with E-state index in [2.05, 4.69) is 15.5 Å². The fourth-order valence-electron chi connectivity index (χ4n) is 1.86. The molecule has 0 spiro atoms. The van der Waals surface area contributed by atoms with Gasteiger partial charge >= 0.3 is 0 Å². The third-order valence-corrected chi connectivity index (χ3v) is 2.82. The van der Waals surface area contributed by atoms with Crippen LogP contribution < -0.4 is 15.8 Å². The molecule has 0 saturated heterocycles. The number of nitrogens with zero attached hydrogens (tertiary/aromatic N) is 1. The number of aromatic amines is 1. The van der Waals surface area contributed by atoms with E-state index in [1.54, 1.807) is 13.0 Å². The molecule has 0 radical (unpaired) electrons. The predicted octanol–water partition coefficient (Wildman–Crippen LogP) is 1.38. The van der Waals surface area contributed by atoms with Gasteiger partial charge in [0.15, 0.2) is 6.10 Å². The highest BCUT2D eigenvalue weighted by Crippen LogP contribution is 2.33. The van der Waals surface area contributed by atoms with Crippen molar-refractivity contribution in [2.24, 2.45) is 0 Å². The van der Waals surface area contributed by atoms with Crippen molar-refractivity contribution in [1.29, 1.82) is 0 Å². The summed E-state index contributed by atoms with van der Waals surface area (Å²) in [6.45, 7) is 1.71. The predicted molar refractivity (Wildman–Crippen MR) is 67.2 cm³/mol. The molecule has 2 heterocycles. The van der Waals surface area contributed by atoms with Gasteiger partial charge in [-0.25, -0.2) is 0 Å². The van der Waals surface area contributed by atoms with Crippen molar-refractivity contribution in [3.8, 4) is 17.0 Å². The molecule has 18 heavy (non-hydrogen) atoms. The van der Waals surface area contributed by atoms with Gasteiger partial charge in [-0.3, -0.25) is 9.89 Å². The van der Waals surface area contributed by atoms with E-state index >= 15 is 0 Å². The van der Waals surface area contributed by atoms with Gasteiger partial charge in [0, 0.05) is 11.6 Å². The van der Waals surface area contributed by atoms with Crippen molar-refractivity contribution in [1.82, 2.24) is 10.2 Å². The summed E-state index contributed by atoms with van der Waals surface area (Å²) in [7, 11) is 0. The summed E-state index contributed by atoms with van der Waals surface area (Å²) < 4.78 is 5.48. The van der Waals surface area contributed by atoms with Crippen molar-refractivity contribution >= 4 is 17.4 Å². The SMILES string of the molecule is CC1Oc2ccc(-c3cc(N)n[nH]3)cc2NC1=O. The smallest absolute Gasteiger partial charge is 0.265 e. The highest BCUT2D eigenvalue weighted by molar-refractivity contribution is 5.98. The Morgan fingerprint density at radius 3 is 2.94 bits per heavy atom. The molecule has 0 fully saturated rings. The maximum absolute atomic E-state index is 11.5. The number of benzene rings is 1. The average molecular weight is 244 g/mol. The Morgan fingerprint density at radius 1 is 1.39 bits per heavy atom. The molecule has 1 aliphatic rings. The number of ether oxygens (including phenoxy) is 1. The van der Waals surface area contributed by atoms with E-state index in [0.29, 0.717) is 17.3 Å². The third-order valence-electron chi connectivity index (χ3n) is 2.82. The Balaban J connectivity index is 2.01. The largest absolute Gasteiger partial charge is 0.479 e. The third kappa shape index (κ3) is 1.67. The molecule has 1 aromatic heterocycles. The number of carbonyl (C=O) groups is 1. The molecule has 2 aromatic rings. The minimum Gasteiger partial charge on any atom is -0.479 e. The molecule has 3 rings (SSSR count). The van der Waals surface area contributed by atoms with Gasteiger partial charge in [0.05, 0.1) is 11.4 Å². The zero-order valence-electron chi connectivity index (χ0n) is 9.73. The molecule has 1 atom stereocenters. The zero-order chi connectivity index (χ0) is 12.7. The van der Waals surface area contributed by atoms with Crippen LogP contribution in [0, 0.1) is 0 Å². The lowest BCUT2D eigenvalue weighted by molar-refractivity contribution is -0.122. The minimum absolute atomic E-state index is 0.149. The Kier molecular flexibility index (Phi) is 2.22. The maximum atomic E-state index is 11.5. The molecule has 6 heteroatoms. The molecule has 0 aliphatic carbocycles. The average Bonchev–Trinajstić information content (AvgIpc) is 2.77. The second-order valence-electron chi connectivity index (χ2n) is 4.17. The van der Waals surface area contributed by atoms with Crippen LogP contribution in [-0.2, 0) is 4.79 Å². The quantitative estimate of drug-likeness (QED) is 0.706. The number of anilines is 2. The van der Waals surface area contributed by atoms with Crippen LogP contribution in [0.5, 0.6) is 5.75 Å². The number of H-pyrrole nitrogens is 1. The summed E-state index contributed by atoms with van der Waals surface area (Å²) in [5.41, 5.74) is 7.89. The van der Waals surface area contributed by atoms with Crippen LogP contribution in [0.15, 0.2) is 24.3 Å². The number of fused-ring (bicyclic) bond motifs is 1. The number of rotatable bonds is 1. The number of hydrogen-bond acceptors (Lipinski definition) is 4. The Bertz CT molecular complexity index is 620. The van der Waals surface area contributed by atoms with E-state index in [-0.39, 0.29) is 5.91 Å². The summed E-state index contributed by atoms with van der Waals surface area (Å²) in [5.74, 6) is 0.943. The monoisotopic (exact) mass is 244 g/mol. The molecule has 6 nitrogen and oxygen atoms in total. The first-order valence-corrected chi connectivity index (χ1v) is 5.56. The lowest BCUT2D eigenvalue weighted by atomic mass is 10.1. The number of nitrogens with two attached hydrogens (primary N) is 1. The van der Waals surface area contributed by atoms with Crippen LogP contribution in [-0.4, -0.2) is 22.2 Å². The second-order valence-corrected chi connectivity index (χ2v) is 4.17. The molecule has 1 aliphatic heterocycles. The summed E-state index contributed by atoms with van der Waals surface area (Å²) >= 11 is 0. The van der Waals surface area contributed by atoms with Gasteiger partial charge in [-0.05, 0) is 25.1 Å². The highest BCUT2D eigenvalue weighted by Gasteiger charge is 2.23. The van der Waals surface area contributed by atoms with Crippen LogP contribution in [0.1, 0.15) is 6.92 Å². The number of amides is 1. The summed E-state index contributed by atoms with van der Waals surface area (Å²) in [6, 6.07) is 7.26. The first-order chi connectivity index (χ1) is 8.63. The van der Waals surface area contributed by atoms with Crippen molar-refractivity contribution in [3.63, 3.8) is 0 Å². The van der Waals surface area contributed by atoms with E-state index in [0.717, 1.165) is 11.3 Å². The fraction of sp³-hybridized carbons (Fsp3) is 0.167. The van der Waals surface area contributed by atoms with Gasteiger partial charge in [-0.1, -0.05) is 0 Å². The Hall–Kier alpha value is -2.50. The van der Waals surface area contributed by atoms with E-state index in [9.17, 15) is 4.79 Å². The second kappa shape index (κ2) is 3.76. The zero-order valence-corrected chi connectivity index (χ0v) is 9.73.